The average molecular weight is 270 g/mol. The molecule has 0 bridgehead atoms. The quantitative estimate of drug-likeness (QED) is 0.490. The first-order chi connectivity index (χ1) is 9.23. The van der Waals surface area contributed by atoms with Crippen molar-refractivity contribution < 1.29 is 19.4 Å². The van der Waals surface area contributed by atoms with Gasteiger partial charge in [-0.15, -0.1) is 0 Å². The minimum Gasteiger partial charge on any atom is -0.479 e. The summed E-state index contributed by atoms with van der Waals surface area (Å²) in [4.78, 5) is 10.9. The monoisotopic (exact) mass is 270 g/mol. The second kappa shape index (κ2) is 7.25. The summed E-state index contributed by atoms with van der Waals surface area (Å²) in [6.45, 7) is 2.19. The summed E-state index contributed by atoms with van der Waals surface area (Å²) in [6, 6.07) is 0. The summed E-state index contributed by atoms with van der Waals surface area (Å²) in [5.74, 6) is 0.00911. The van der Waals surface area contributed by atoms with Crippen molar-refractivity contribution in [2.24, 2.45) is 5.92 Å². The molecule has 0 aromatic carbocycles. The van der Waals surface area contributed by atoms with Crippen LogP contribution in [0, 0.1) is 5.92 Å². The minimum absolute atomic E-state index is 0.396. The summed E-state index contributed by atoms with van der Waals surface area (Å²) in [6.07, 6.45) is 10.3. The normalized spacial score (nSPS) is 26.7. The maximum Gasteiger partial charge on any atom is 0.338 e. The fourth-order valence-electron chi connectivity index (χ4n) is 2.86. The highest BCUT2D eigenvalue weighted by molar-refractivity contribution is 5.80. The van der Waals surface area contributed by atoms with E-state index >= 15 is 0 Å². The highest BCUT2D eigenvalue weighted by atomic mass is 16.6. The number of carboxylic acids is 1. The third-order valence-electron chi connectivity index (χ3n) is 4.33. The molecule has 1 saturated heterocycles. The van der Waals surface area contributed by atoms with E-state index in [9.17, 15) is 4.79 Å². The van der Waals surface area contributed by atoms with Crippen LogP contribution in [-0.4, -0.2) is 36.5 Å². The molecule has 1 unspecified atom stereocenters. The van der Waals surface area contributed by atoms with Gasteiger partial charge < -0.3 is 14.6 Å². The third kappa shape index (κ3) is 4.77. The largest absolute Gasteiger partial charge is 0.479 e. The van der Waals surface area contributed by atoms with Crippen molar-refractivity contribution >= 4 is 5.97 Å². The summed E-state index contributed by atoms with van der Waals surface area (Å²) < 4.78 is 10.7. The molecule has 0 radical (unpaired) electrons. The van der Waals surface area contributed by atoms with E-state index in [1.807, 2.05) is 0 Å². The number of hydrogen-bond acceptors (Lipinski definition) is 3. The van der Waals surface area contributed by atoms with Crippen LogP contribution in [-0.2, 0) is 14.3 Å². The molecule has 0 amide bonds. The first-order valence-corrected chi connectivity index (χ1v) is 7.68. The molecule has 2 aliphatic rings. The van der Waals surface area contributed by atoms with Crippen molar-refractivity contribution in [3.05, 3.63) is 0 Å². The van der Waals surface area contributed by atoms with Gasteiger partial charge in [-0.25, -0.2) is 4.79 Å². The van der Waals surface area contributed by atoms with E-state index < -0.39 is 11.6 Å². The van der Waals surface area contributed by atoms with E-state index in [4.69, 9.17) is 14.6 Å². The lowest BCUT2D eigenvalue weighted by molar-refractivity contribution is -0.143. The van der Waals surface area contributed by atoms with Crippen molar-refractivity contribution in [3.63, 3.8) is 0 Å². The fourth-order valence-corrected chi connectivity index (χ4v) is 2.86. The molecule has 110 valence electrons. The zero-order chi connectivity index (χ0) is 13.6. The predicted octanol–water partition coefficient (Wildman–Crippen LogP) is 3.00. The van der Waals surface area contributed by atoms with E-state index in [1.165, 1.54) is 25.7 Å². The number of hydrogen-bond donors (Lipinski definition) is 1. The average Bonchev–Trinajstić information content (AvgIpc) is 3.01. The van der Waals surface area contributed by atoms with E-state index in [0.717, 1.165) is 44.8 Å². The lowest BCUT2D eigenvalue weighted by Crippen LogP contribution is -2.23. The minimum atomic E-state index is -0.820. The van der Waals surface area contributed by atoms with Gasteiger partial charge in [0, 0.05) is 13.2 Å². The van der Waals surface area contributed by atoms with Crippen LogP contribution in [0.15, 0.2) is 0 Å². The number of unbranched alkanes of at least 4 members (excludes halogenated alkanes) is 3. The van der Waals surface area contributed by atoms with Gasteiger partial charge in [0.25, 0.3) is 0 Å². The lowest BCUT2D eigenvalue weighted by Gasteiger charge is -2.10. The molecule has 1 aliphatic heterocycles. The molecule has 1 aliphatic carbocycles. The second-order valence-electron chi connectivity index (χ2n) is 5.98. The van der Waals surface area contributed by atoms with E-state index in [0.29, 0.717) is 13.0 Å². The first-order valence-electron chi connectivity index (χ1n) is 7.68. The van der Waals surface area contributed by atoms with Crippen molar-refractivity contribution in [2.75, 3.05) is 19.8 Å². The van der Waals surface area contributed by atoms with Gasteiger partial charge in [-0.1, -0.05) is 25.7 Å². The highest BCUT2D eigenvalue weighted by Gasteiger charge is 2.51. The molecule has 1 N–H and O–H groups in total. The Morgan fingerprint density at radius 2 is 1.89 bits per heavy atom. The van der Waals surface area contributed by atoms with E-state index in [1.54, 1.807) is 0 Å². The van der Waals surface area contributed by atoms with Crippen LogP contribution in [0.3, 0.4) is 0 Å². The molecule has 2 fully saturated rings. The maximum absolute atomic E-state index is 10.9. The van der Waals surface area contributed by atoms with Crippen LogP contribution in [0.5, 0.6) is 0 Å². The van der Waals surface area contributed by atoms with Crippen LogP contribution in [0.2, 0.25) is 0 Å². The van der Waals surface area contributed by atoms with Gasteiger partial charge in [0.15, 0.2) is 5.60 Å². The predicted molar refractivity (Wildman–Crippen MR) is 72.2 cm³/mol. The van der Waals surface area contributed by atoms with Gasteiger partial charge >= 0.3 is 5.97 Å². The summed E-state index contributed by atoms with van der Waals surface area (Å²) in [5, 5.41) is 8.94. The standard InChI is InChI=1S/C15H26O4/c16-14(17)15(12-19-15)9-5-1-2-6-10-18-11-13-7-3-4-8-13/h13H,1-12H2,(H,16,17). The van der Waals surface area contributed by atoms with Crippen LogP contribution >= 0.6 is 0 Å². The van der Waals surface area contributed by atoms with Crippen molar-refractivity contribution in [1.82, 2.24) is 0 Å². The van der Waals surface area contributed by atoms with Gasteiger partial charge in [-0.05, 0) is 38.0 Å². The van der Waals surface area contributed by atoms with Crippen LogP contribution in [0.1, 0.15) is 57.8 Å². The van der Waals surface area contributed by atoms with Gasteiger partial charge in [0.2, 0.25) is 0 Å². The molecule has 0 aromatic heterocycles. The second-order valence-corrected chi connectivity index (χ2v) is 5.98. The molecule has 2 rings (SSSR count). The van der Waals surface area contributed by atoms with Gasteiger partial charge in [-0.2, -0.15) is 0 Å². The zero-order valence-electron chi connectivity index (χ0n) is 11.7. The molecular formula is C15H26O4. The maximum atomic E-state index is 10.9. The molecule has 0 aromatic rings. The SMILES string of the molecule is O=C(O)C1(CCCCCCOCC2CCCC2)CO1. The number of rotatable bonds is 10. The van der Waals surface area contributed by atoms with E-state index in [-0.39, 0.29) is 0 Å². The van der Waals surface area contributed by atoms with Crippen LogP contribution < -0.4 is 0 Å². The van der Waals surface area contributed by atoms with Crippen molar-refractivity contribution in [1.29, 1.82) is 0 Å². The number of carbonyl (C=O) groups is 1. The molecule has 19 heavy (non-hydrogen) atoms. The van der Waals surface area contributed by atoms with Crippen LogP contribution in [0.25, 0.3) is 0 Å². The molecule has 4 heteroatoms. The Kier molecular flexibility index (Phi) is 5.64. The van der Waals surface area contributed by atoms with Crippen molar-refractivity contribution in [2.45, 2.75) is 63.4 Å². The number of ether oxygens (including phenoxy) is 2. The molecular weight excluding hydrogens is 244 g/mol. The first kappa shape index (κ1) is 14.8. The number of carboxylic acid groups (broad SMARTS) is 1. The number of epoxide rings is 1. The summed E-state index contributed by atoms with van der Waals surface area (Å²) in [5.41, 5.74) is -0.820. The van der Waals surface area contributed by atoms with Crippen LogP contribution in [0.4, 0.5) is 0 Å². The molecule has 1 heterocycles. The molecule has 0 spiro atoms. The lowest BCUT2D eigenvalue weighted by atomic mass is 10.0. The summed E-state index contributed by atoms with van der Waals surface area (Å²) in [7, 11) is 0. The fraction of sp³-hybridized carbons (Fsp3) is 0.933. The zero-order valence-corrected chi connectivity index (χ0v) is 11.7. The molecule has 4 nitrogen and oxygen atoms in total. The topological polar surface area (TPSA) is 59.1 Å². The van der Waals surface area contributed by atoms with Crippen molar-refractivity contribution in [3.8, 4) is 0 Å². The molecule has 1 saturated carbocycles. The van der Waals surface area contributed by atoms with Gasteiger partial charge in [0.1, 0.15) is 0 Å². The third-order valence-corrected chi connectivity index (χ3v) is 4.33. The Labute approximate surface area is 115 Å². The Balaban J connectivity index is 1.37. The van der Waals surface area contributed by atoms with Gasteiger partial charge in [-0.3, -0.25) is 0 Å². The smallest absolute Gasteiger partial charge is 0.338 e. The summed E-state index contributed by atoms with van der Waals surface area (Å²) >= 11 is 0. The Bertz CT molecular complexity index is 280. The Hall–Kier alpha value is -0.610. The Morgan fingerprint density at radius 1 is 1.21 bits per heavy atom. The molecule has 1 atom stereocenters. The van der Waals surface area contributed by atoms with E-state index in [2.05, 4.69) is 0 Å². The Morgan fingerprint density at radius 3 is 2.53 bits per heavy atom. The highest BCUT2D eigenvalue weighted by Crippen LogP contribution is 2.33. The number of aliphatic carboxylic acids is 1. The van der Waals surface area contributed by atoms with Gasteiger partial charge in [0.05, 0.1) is 6.61 Å².